The minimum Gasteiger partial charge on any atom is -0.497 e. The molecular weight excluding hydrogens is 354 g/mol. The van der Waals surface area contributed by atoms with Gasteiger partial charge in [-0.25, -0.2) is 0 Å². The lowest BCUT2D eigenvalue weighted by Gasteiger charge is -2.59. The normalized spacial score (nSPS) is 37.7. The standard InChI is InChI=1S/C19H24BrNO2/c1-23-16-4-2-3-13(6-16)11-21-17(22)18-7-14-5-15(8-18)10-19(20,9-14)12-18/h2-4,6,14-15H,5,7-12H2,1H3,(H,21,22). The molecule has 0 spiro atoms. The Hall–Kier alpha value is -1.03. The number of methoxy groups -OCH3 is 1. The lowest BCUT2D eigenvalue weighted by atomic mass is 9.49. The van der Waals surface area contributed by atoms with Crippen molar-refractivity contribution in [2.24, 2.45) is 17.3 Å². The average Bonchev–Trinajstić information content (AvgIpc) is 2.50. The van der Waals surface area contributed by atoms with Gasteiger partial charge in [-0.15, -0.1) is 0 Å². The van der Waals surface area contributed by atoms with E-state index < -0.39 is 0 Å². The average molecular weight is 378 g/mol. The number of carbonyl (C=O) groups is 1. The first-order valence-electron chi connectivity index (χ1n) is 8.60. The summed E-state index contributed by atoms with van der Waals surface area (Å²) in [6, 6.07) is 7.93. The maximum Gasteiger partial charge on any atom is 0.226 e. The molecule has 124 valence electrons. The molecule has 0 aliphatic heterocycles. The summed E-state index contributed by atoms with van der Waals surface area (Å²) in [4.78, 5) is 13.0. The zero-order valence-corrected chi connectivity index (χ0v) is 15.2. The molecule has 4 fully saturated rings. The van der Waals surface area contributed by atoms with E-state index in [-0.39, 0.29) is 15.6 Å². The molecule has 23 heavy (non-hydrogen) atoms. The maximum absolute atomic E-state index is 13.0. The first-order chi connectivity index (χ1) is 11.0. The first-order valence-corrected chi connectivity index (χ1v) is 9.40. The molecule has 0 heterocycles. The Kier molecular flexibility index (Phi) is 3.71. The third kappa shape index (κ3) is 2.79. The smallest absolute Gasteiger partial charge is 0.226 e. The van der Waals surface area contributed by atoms with Gasteiger partial charge in [-0.3, -0.25) is 4.79 Å². The summed E-state index contributed by atoms with van der Waals surface area (Å²) >= 11 is 3.98. The molecule has 4 saturated carbocycles. The van der Waals surface area contributed by atoms with Crippen molar-refractivity contribution < 1.29 is 9.53 Å². The van der Waals surface area contributed by atoms with Crippen molar-refractivity contribution in [3.63, 3.8) is 0 Å². The van der Waals surface area contributed by atoms with Gasteiger partial charge in [0.2, 0.25) is 5.91 Å². The lowest BCUT2D eigenvalue weighted by Crippen LogP contribution is -2.58. The molecular formula is C19H24BrNO2. The molecule has 4 aliphatic rings. The quantitative estimate of drug-likeness (QED) is 0.803. The highest BCUT2D eigenvalue weighted by Crippen LogP contribution is 2.64. The Morgan fingerprint density at radius 1 is 1.30 bits per heavy atom. The summed E-state index contributed by atoms with van der Waals surface area (Å²) in [5, 5.41) is 3.21. The number of benzene rings is 1. The van der Waals surface area contributed by atoms with Gasteiger partial charge in [0, 0.05) is 10.9 Å². The van der Waals surface area contributed by atoms with Crippen LogP contribution in [0.15, 0.2) is 24.3 Å². The molecule has 1 N–H and O–H groups in total. The van der Waals surface area contributed by atoms with Gasteiger partial charge in [0.25, 0.3) is 0 Å². The molecule has 2 atom stereocenters. The van der Waals surface area contributed by atoms with Gasteiger partial charge < -0.3 is 10.1 Å². The van der Waals surface area contributed by atoms with Crippen molar-refractivity contribution in [3.8, 4) is 5.75 Å². The highest BCUT2D eigenvalue weighted by molar-refractivity contribution is 9.10. The molecule has 0 aromatic heterocycles. The molecule has 4 aliphatic carbocycles. The van der Waals surface area contributed by atoms with E-state index in [2.05, 4.69) is 21.2 Å². The summed E-state index contributed by atoms with van der Waals surface area (Å²) in [5.74, 6) is 2.57. The highest BCUT2D eigenvalue weighted by Gasteiger charge is 2.59. The third-order valence-corrected chi connectivity index (χ3v) is 6.99. The fourth-order valence-electron chi connectivity index (χ4n) is 5.57. The number of rotatable bonds is 4. The van der Waals surface area contributed by atoms with Crippen LogP contribution in [0.3, 0.4) is 0 Å². The van der Waals surface area contributed by atoms with Gasteiger partial charge in [0.1, 0.15) is 5.75 Å². The SMILES string of the molecule is COc1cccc(CNC(=O)C23CC4CC(CC(Br)(C4)C2)C3)c1. The van der Waals surface area contributed by atoms with E-state index >= 15 is 0 Å². The third-order valence-electron chi connectivity index (χ3n) is 6.06. The van der Waals surface area contributed by atoms with Gasteiger partial charge in [-0.05, 0) is 68.1 Å². The summed E-state index contributed by atoms with van der Waals surface area (Å²) < 4.78 is 5.48. The minimum atomic E-state index is -0.132. The second-order valence-electron chi connectivity index (χ2n) is 7.93. The van der Waals surface area contributed by atoms with Crippen molar-refractivity contribution in [1.82, 2.24) is 5.32 Å². The molecule has 1 aromatic carbocycles. The molecule has 0 radical (unpaired) electrons. The molecule has 2 unspecified atom stereocenters. The van der Waals surface area contributed by atoms with Crippen molar-refractivity contribution >= 4 is 21.8 Å². The van der Waals surface area contributed by atoms with Gasteiger partial charge >= 0.3 is 0 Å². The number of amides is 1. The van der Waals surface area contributed by atoms with Crippen molar-refractivity contribution in [1.29, 1.82) is 0 Å². The van der Waals surface area contributed by atoms with Crippen LogP contribution in [-0.2, 0) is 11.3 Å². The van der Waals surface area contributed by atoms with Gasteiger partial charge in [-0.2, -0.15) is 0 Å². The maximum atomic E-state index is 13.0. The molecule has 1 amide bonds. The van der Waals surface area contributed by atoms with E-state index in [1.54, 1.807) is 7.11 Å². The largest absolute Gasteiger partial charge is 0.497 e. The van der Waals surface area contributed by atoms with Crippen LogP contribution in [0.1, 0.15) is 44.1 Å². The van der Waals surface area contributed by atoms with E-state index in [9.17, 15) is 4.79 Å². The number of ether oxygens (including phenoxy) is 1. The van der Waals surface area contributed by atoms with Crippen LogP contribution >= 0.6 is 15.9 Å². The van der Waals surface area contributed by atoms with E-state index in [0.29, 0.717) is 6.54 Å². The van der Waals surface area contributed by atoms with Crippen molar-refractivity contribution in [2.45, 2.75) is 49.4 Å². The van der Waals surface area contributed by atoms with Crippen LogP contribution in [0.2, 0.25) is 0 Å². The van der Waals surface area contributed by atoms with E-state index in [0.717, 1.165) is 42.4 Å². The second kappa shape index (κ2) is 5.51. The molecule has 4 bridgehead atoms. The van der Waals surface area contributed by atoms with E-state index in [1.165, 1.54) is 19.3 Å². The summed E-state index contributed by atoms with van der Waals surface area (Å²) in [5.41, 5.74) is 0.961. The second-order valence-corrected chi connectivity index (χ2v) is 9.61. The van der Waals surface area contributed by atoms with Crippen LogP contribution in [-0.4, -0.2) is 17.3 Å². The monoisotopic (exact) mass is 377 g/mol. The number of halogens is 1. The zero-order valence-electron chi connectivity index (χ0n) is 13.6. The zero-order chi connectivity index (χ0) is 16.1. The van der Waals surface area contributed by atoms with Crippen molar-refractivity contribution in [2.75, 3.05) is 7.11 Å². The molecule has 3 nitrogen and oxygen atoms in total. The highest BCUT2D eigenvalue weighted by atomic mass is 79.9. The summed E-state index contributed by atoms with van der Waals surface area (Å²) in [6.07, 6.45) is 7.03. The van der Waals surface area contributed by atoms with Crippen LogP contribution in [0.25, 0.3) is 0 Å². The molecule has 1 aromatic rings. The predicted molar refractivity (Wildman–Crippen MR) is 93.6 cm³/mol. The Balaban J connectivity index is 1.46. The Bertz CT molecular complexity index is 616. The number of carbonyl (C=O) groups excluding carboxylic acids is 1. The van der Waals surface area contributed by atoms with Gasteiger partial charge in [0.15, 0.2) is 0 Å². The van der Waals surface area contributed by atoms with Gasteiger partial charge in [0.05, 0.1) is 12.5 Å². The number of alkyl halides is 1. The Morgan fingerprint density at radius 2 is 2.04 bits per heavy atom. The van der Waals surface area contributed by atoms with Crippen LogP contribution in [0, 0.1) is 17.3 Å². The number of hydrogen-bond acceptors (Lipinski definition) is 2. The Labute approximate surface area is 146 Å². The summed E-state index contributed by atoms with van der Waals surface area (Å²) in [6.45, 7) is 0.586. The molecule has 0 saturated heterocycles. The van der Waals surface area contributed by atoms with E-state index in [4.69, 9.17) is 4.74 Å². The fraction of sp³-hybridized carbons (Fsp3) is 0.632. The molecule has 5 rings (SSSR count). The first kappa shape index (κ1) is 15.5. The minimum absolute atomic E-state index is 0.132. The molecule has 4 heteroatoms. The van der Waals surface area contributed by atoms with Crippen LogP contribution < -0.4 is 10.1 Å². The number of hydrogen-bond donors (Lipinski definition) is 1. The van der Waals surface area contributed by atoms with E-state index in [1.807, 2.05) is 24.3 Å². The fourth-order valence-corrected chi connectivity index (χ4v) is 7.02. The van der Waals surface area contributed by atoms with Crippen molar-refractivity contribution in [3.05, 3.63) is 29.8 Å². The lowest BCUT2D eigenvalue weighted by molar-refractivity contribution is -0.144. The predicted octanol–water partition coefficient (Wildman–Crippen LogP) is 4.05. The number of nitrogens with one attached hydrogen (secondary N) is 1. The topological polar surface area (TPSA) is 38.3 Å². The summed E-state index contributed by atoms with van der Waals surface area (Å²) in [7, 11) is 1.67. The van der Waals surface area contributed by atoms with Crippen LogP contribution in [0.5, 0.6) is 5.75 Å². The Morgan fingerprint density at radius 3 is 2.70 bits per heavy atom. The van der Waals surface area contributed by atoms with Crippen LogP contribution in [0.4, 0.5) is 0 Å². The van der Waals surface area contributed by atoms with Gasteiger partial charge in [-0.1, -0.05) is 28.1 Å².